The molecule has 4 nitrogen and oxygen atoms in total. The predicted octanol–water partition coefficient (Wildman–Crippen LogP) is 4.43. The highest BCUT2D eigenvalue weighted by Crippen LogP contribution is 2.31. The zero-order valence-electron chi connectivity index (χ0n) is 14.5. The van der Waals surface area contributed by atoms with E-state index < -0.39 is 0 Å². The molecule has 1 aliphatic heterocycles. The Hall–Kier alpha value is -1.20. The van der Waals surface area contributed by atoms with Gasteiger partial charge in [0.25, 0.3) is 0 Å². The molecular formula is C19H27N3OS. The molecule has 4 rings (SSSR count). The van der Waals surface area contributed by atoms with Gasteiger partial charge in [-0.25, -0.2) is 9.97 Å². The molecule has 0 N–H and O–H groups in total. The highest BCUT2D eigenvalue weighted by molar-refractivity contribution is 7.16. The molecule has 2 fully saturated rings. The summed E-state index contributed by atoms with van der Waals surface area (Å²) in [6.07, 6.45) is 9.10. The molecule has 0 atom stereocenters. The van der Waals surface area contributed by atoms with E-state index in [0.29, 0.717) is 6.10 Å². The molecule has 130 valence electrons. The fraction of sp³-hybridized carbons (Fsp3) is 0.684. The van der Waals surface area contributed by atoms with Crippen molar-refractivity contribution in [2.24, 2.45) is 5.92 Å². The van der Waals surface area contributed by atoms with Crippen LogP contribution in [0.4, 0.5) is 5.82 Å². The van der Waals surface area contributed by atoms with Gasteiger partial charge >= 0.3 is 0 Å². The van der Waals surface area contributed by atoms with Gasteiger partial charge in [-0.1, -0.05) is 19.8 Å². The maximum Gasteiger partial charge on any atom is 0.141 e. The lowest BCUT2D eigenvalue weighted by Crippen LogP contribution is -2.38. The largest absolute Gasteiger partial charge is 0.378 e. The third-order valence-corrected chi connectivity index (χ3v) is 6.26. The van der Waals surface area contributed by atoms with Crippen LogP contribution >= 0.6 is 11.3 Å². The summed E-state index contributed by atoms with van der Waals surface area (Å²) in [5.74, 6) is 2.91. The van der Waals surface area contributed by atoms with Gasteiger partial charge in [-0.05, 0) is 43.0 Å². The molecule has 3 heterocycles. The number of hydrogen-bond donors (Lipinski definition) is 0. The molecule has 0 radical (unpaired) electrons. The maximum atomic E-state index is 6.21. The lowest BCUT2D eigenvalue weighted by molar-refractivity contribution is 0.0164. The van der Waals surface area contributed by atoms with E-state index in [0.717, 1.165) is 61.3 Å². The quantitative estimate of drug-likeness (QED) is 0.803. The molecule has 24 heavy (non-hydrogen) atoms. The number of anilines is 1. The Morgan fingerprint density at radius 3 is 2.71 bits per heavy atom. The van der Waals surface area contributed by atoms with E-state index in [1.54, 1.807) is 11.3 Å². The van der Waals surface area contributed by atoms with Crippen molar-refractivity contribution in [1.29, 1.82) is 0 Å². The first-order valence-electron chi connectivity index (χ1n) is 9.44. The van der Waals surface area contributed by atoms with Crippen LogP contribution in [0.1, 0.15) is 51.3 Å². The van der Waals surface area contributed by atoms with Crippen molar-refractivity contribution < 1.29 is 4.74 Å². The van der Waals surface area contributed by atoms with Crippen molar-refractivity contribution in [3.63, 3.8) is 0 Å². The predicted molar refractivity (Wildman–Crippen MR) is 99.9 cm³/mol. The van der Waals surface area contributed by atoms with Gasteiger partial charge in [-0.3, -0.25) is 0 Å². The zero-order chi connectivity index (χ0) is 16.4. The molecule has 2 aromatic rings. The van der Waals surface area contributed by atoms with Crippen LogP contribution in [0, 0.1) is 5.92 Å². The Bertz CT molecular complexity index is 672. The third kappa shape index (κ3) is 3.42. The van der Waals surface area contributed by atoms with Crippen molar-refractivity contribution in [1.82, 2.24) is 9.97 Å². The number of fused-ring (bicyclic) bond motifs is 1. The second-order valence-corrected chi connectivity index (χ2v) is 8.02. The van der Waals surface area contributed by atoms with E-state index in [1.807, 2.05) is 0 Å². The summed E-state index contributed by atoms with van der Waals surface area (Å²) in [4.78, 5) is 13.0. The number of ether oxygens (including phenoxy) is 1. The maximum absolute atomic E-state index is 6.21. The first kappa shape index (κ1) is 16.3. The van der Waals surface area contributed by atoms with E-state index in [9.17, 15) is 0 Å². The van der Waals surface area contributed by atoms with Crippen LogP contribution in [0.3, 0.4) is 0 Å². The number of piperidine rings is 1. The molecule has 1 saturated carbocycles. The Morgan fingerprint density at radius 1 is 1.17 bits per heavy atom. The first-order valence-corrected chi connectivity index (χ1v) is 10.3. The second-order valence-electron chi connectivity index (χ2n) is 7.13. The SMILES string of the molecule is CCc1nc(N2CCC(OCC3CCCC3)CC2)c2ccsc2n1. The van der Waals surface area contributed by atoms with Crippen LogP contribution in [0.2, 0.25) is 0 Å². The monoisotopic (exact) mass is 345 g/mol. The number of rotatable bonds is 5. The zero-order valence-corrected chi connectivity index (χ0v) is 15.4. The van der Waals surface area contributed by atoms with Crippen LogP contribution < -0.4 is 4.90 Å². The number of thiophene rings is 1. The number of nitrogens with zero attached hydrogens (tertiary/aromatic N) is 3. The van der Waals surface area contributed by atoms with Crippen LogP contribution in [-0.4, -0.2) is 35.8 Å². The Morgan fingerprint density at radius 2 is 1.96 bits per heavy atom. The standard InChI is InChI=1S/C19H27N3OS/c1-2-17-20-18(16-9-12-24-19(16)21-17)22-10-7-15(8-11-22)23-13-14-5-3-4-6-14/h9,12,14-15H,2-8,10-11,13H2,1H3. The summed E-state index contributed by atoms with van der Waals surface area (Å²) >= 11 is 1.72. The molecular weight excluding hydrogens is 318 g/mol. The molecule has 1 aliphatic carbocycles. The van der Waals surface area contributed by atoms with Crippen molar-refractivity contribution in [2.75, 3.05) is 24.6 Å². The van der Waals surface area contributed by atoms with Crippen LogP contribution in [0.15, 0.2) is 11.4 Å². The minimum absolute atomic E-state index is 0.437. The second kappa shape index (κ2) is 7.36. The molecule has 1 saturated heterocycles. The highest BCUT2D eigenvalue weighted by atomic mass is 32.1. The van der Waals surface area contributed by atoms with Gasteiger partial charge in [-0.15, -0.1) is 11.3 Å². The Balaban J connectivity index is 1.39. The highest BCUT2D eigenvalue weighted by Gasteiger charge is 2.24. The molecule has 0 aromatic carbocycles. The van der Waals surface area contributed by atoms with Gasteiger partial charge in [-0.2, -0.15) is 0 Å². The summed E-state index contributed by atoms with van der Waals surface area (Å²) in [6.45, 7) is 5.19. The number of aryl methyl sites for hydroxylation is 1. The lowest BCUT2D eigenvalue weighted by atomic mass is 10.1. The van der Waals surface area contributed by atoms with Crippen LogP contribution in [-0.2, 0) is 11.2 Å². The molecule has 2 aromatic heterocycles. The third-order valence-electron chi connectivity index (χ3n) is 5.45. The fourth-order valence-electron chi connectivity index (χ4n) is 3.97. The minimum Gasteiger partial charge on any atom is -0.378 e. The summed E-state index contributed by atoms with van der Waals surface area (Å²) < 4.78 is 6.21. The molecule has 5 heteroatoms. The molecule has 0 amide bonds. The van der Waals surface area contributed by atoms with E-state index >= 15 is 0 Å². The molecule has 0 unspecified atom stereocenters. The van der Waals surface area contributed by atoms with Gasteiger partial charge in [0.2, 0.25) is 0 Å². The fourth-order valence-corrected chi connectivity index (χ4v) is 4.74. The molecule has 0 bridgehead atoms. The average molecular weight is 346 g/mol. The van der Waals surface area contributed by atoms with Crippen molar-refractivity contribution >= 4 is 27.4 Å². The molecule has 2 aliphatic rings. The smallest absolute Gasteiger partial charge is 0.141 e. The van der Waals surface area contributed by atoms with Crippen LogP contribution in [0.5, 0.6) is 0 Å². The first-order chi connectivity index (χ1) is 11.8. The van der Waals surface area contributed by atoms with E-state index in [-0.39, 0.29) is 0 Å². The van der Waals surface area contributed by atoms with E-state index in [1.165, 1.54) is 31.1 Å². The summed E-state index contributed by atoms with van der Waals surface area (Å²) in [6, 6.07) is 2.16. The molecule has 0 spiro atoms. The summed E-state index contributed by atoms with van der Waals surface area (Å²) in [5.41, 5.74) is 0. The van der Waals surface area contributed by atoms with Gasteiger partial charge in [0.05, 0.1) is 11.5 Å². The van der Waals surface area contributed by atoms with Crippen molar-refractivity contribution in [3.8, 4) is 0 Å². The van der Waals surface area contributed by atoms with Crippen molar-refractivity contribution in [3.05, 3.63) is 17.3 Å². The number of hydrogen-bond acceptors (Lipinski definition) is 5. The minimum atomic E-state index is 0.437. The van der Waals surface area contributed by atoms with E-state index in [2.05, 4.69) is 28.3 Å². The van der Waals surface area contributed by atoms with Gasteiger partial charge < -0.3 is 9.64 Å². The average Bonchev–Trinajstić information content (AvgIpc) is 3.31. The lowest BCUT2D eigenvalue weighted by Gasteiger charge is -2.33. The van der Waals surface area contributed by atoms with Gasteiger partial charge in [0.15, 0.2) is 0 Å². The summed E-state index contributed by atoms with van der Waals surface area (Å²) in [7, 11) is 0. The van der Waals surface area contributed by atoms with Gasteiger partial charge in [0.1, 0.15) is 16.5 Å². The Labute approximate surface area is 148 Å². The van der Waals surface area contributed by atoms with Crippen molar-refractivity contribution in [2.45, 2.75) is 58.0 Å². The van der Waals surface area contributed by atoms with Gasteiger partial charge in [0, 0.05) is 26.1 Å². The normalized spacial score (nSPS) is 20.3. The Kier molecular flexibility index (Phi) is 4.99. The van der Waals surface area contributed by atoms with Crippen LogP contribution in [0.25, 0.3) is 10.2 Å². The topological polar surface area (TPSA) is 38.2 Å². The van der Waals surface area contributed by atoms with E-state index in [4.69, 9.17) is 9.72 Å². The number of aromatic nitrogens is 2. The summed E-state index contributed by atoms with van der Waals surface area (Å²) in [5, 5.41) is 3.34.